The molecule has 1 N–H and O–H groups in total. The highest BCUT2D eigenvalue weighted by molar-refractivity contribution is 6.33. The van der Waals surface area contributed by atoms with Gasteiger partial charge in [-0.2, -0.15) is 0 Å². The topological polar surface area (TPSA) is 12.0 Å². The van der Waals surface area contributed by atoms with Crippen LogP contribution in [0.2, 0.25) is 0 Å². The maximum Gasteiger partial charge on any atom is 0.139 e. The molecule has 0 saturated carbocycles. The second-order valence-corrected chi connectivity index (χ2v) is 3.35. The van der Waals surface area contributed by atoms with Crippen LogP contribution in [0.4, 0.5) is 4.39 Å². The molecule has 0 spiro atoms. The molecule has 0 aromatic heterocycles. The Kier molecular flexibility index (Phi) is 3.90. The van der Waals surface area contributed by atoms with Crippen LogP contribution in [0.5, 0.6) is 0 Å². The summed E-state index contributed by atoms with van der Waals surface area (Å²) in [4.78, 5) is 0. The Morgan fingerprint density at radius 2 is 2.29 bits per heavy atom. The smallest absolute Gasteiger partial charge is 0.139 e. The predicted octanol–water partition coefficient (Wildman–Crippen LogP) is 0.489. The van der Waals surface area contributed by atoms with E-state index in [1.807, 2.05) is 14.9 Å². The molecule has 0 aliphatic rings. The summed E-state index contributed by atoms with van der Waals surface area (Å²) in [6.07, 6.45) is 2.62. The highest BCUT2D eigenvalue weighted by atomic mass is 19.1. The third-order valence-corrected chi connectivity index (χ3v) is 2.32. The third-order valence-electron chi connectivity index (χ3n) is 2.32. The van der Waals surface area contributed by atoms with Crippen LogP contribution in [0.1, 0.15) is 11.1 Å². The van der Waals surface area contributed by atoms with Crippen molar-refractivity contribution in [2.45, 2.75) is 6.42 Å². The van der Waals surface area contributed by atoms with Crippen LogP contribution in [-0.2, 0) is 6.42 Å². The fourth-order valence-electron chi connectivity index (χ4n) is 1.57. The van der Waals surface area contributed by atoms with E-state index >= 15 is 0 Å². The Labute approximate surface area is 85.4 Å². The van der Waals surface area contributed by atoms with Gasteiger partial charge in [0.15, 0.2) is 0 Å². The number of hydrogen-bond acceptors (Lipinski definition) is 1. The minimum absolute atomic E-state index is 0.189. The van der Waals surface area contributed by atoms with Crippen molar-refractivity contribution in [1.82, 2.24) is 5.32 Å². The van der Waals surface area contributed by atoms with Gasteiger partial charge in [0.25, 0.3) is 0 Å². The molecular weight excluding hydrogens is 176 g/mol. The van der Waals surface area contributed by atoms with E-state index in [-0.39, 0.29) is 5.82 Å². The summed E-state index contributed by atoms with van der Waals surface area (Å²) < 4.78 is 13.1. The van der Waals surface area contributed by atoms with Crippen molar-refractivity contribution in [1.29, 1.82) is 0 Å². The quantitative estimate of drug-likeness (QED) is 0.683. The number of benzene rings is 1. The molecule has 0 fully saturated rings. The second kappa shape index (κ2) is 4.96. The summed E-state index contributed by atoms with van der Waals surface area (Å²) in [7, 11) is 3.84. The Morgan fingerprint density at radius 3 is 2.86 bits per heavy atom. The maximum atomic E-state index is 13.1. The van der Waals surface area contributed by atoms with E-state index in [4.69, 9.17) is 0 Å². The van der Waals surface area contributed by atoms with Crippen LogP contribution in [-0.4, -0.2) is 21.4 Å². The minimum Gasteiger partial charge on any atom is -0.319 e. The third kappa shape index (κ3) is 2.45. The van der Waals surface area contributed by atoms with Gasteiger partial charge in [-0.3, -0.25) is 0 Å². The molecule has 0 heterocycles. The molecule has 1 aromatic carbocycles. The Morgan fingerprint density at radius 1 is 1.57 bits per heavy atom. The van der Waals surface area contributed by atoms with Crippen LogP contribution < -0.4 is 10.8 Å². The minimum atomic E-state index is -0.189. The first-order valence-electron chi connectivity index (χ1n) is 4.75. The van der Waals surface area contributed by atoms with E-state index < -0.39 is 0 Å². The van der Waals surface area contributed by atoms with Crippen LogP contribution in [0, 0.1) is 5.82 Å². The molecule has 0 aliphatic carbocycles. The molecule has 14 heavy (non-hydrogen) atoms. The molecular formula is C11H15BFN. The van der Waals surface area contributed by atoms with Gasteiger partial charge in [0.05, 0.1) is 0 Å². The van der Waals surface area contributed by atoms with Crippen molar-refractivity contribution in [2.24, 2.45) is 0 Å². The Balaban J connectivity index is 3.05. The van der Waals surface area contributed by atoms with E-state index in [9.17, 15) is 4.39 Å². The Hall–Kier alpha value is -1.09. The molecule has 0 atom stereocenters. The van der Waals surface area contributed by atoms with Gasteiger partial charge in [-0.05, 0) is 43.3 Å². The van der Waals surface area contributed by atoms with E-state index in [2.05, 4.69) is 11.9 Å². The number of likely N-dealkylation sites (N-methyl/N-ethyl adjacent to an activating group) is 1. The summed E-state index contributed by atoms with van der Waals surface area (Å²) >= 11 is 0. The second-order valence-electron chi connectivity index (χ2n) is 3.35. The summed E-state index contributed by atoms with van der Waals surface area (Å²) in [5.41, 5.74) is 3.07. The summed E-state index contributed by atoms with van der Waals surface area (Å²) in [5, 5.41) is 3.08. The van der Waals surface area contributed by atoms with Crippen molar-refractivity contribution in [3.63, 3.8) is 0 Å². The molecule has 0 unspecified atom stereocenters. The molecule has 3 heteroatoms. The lowest BCUT2D eigenvalue weighted by Crippen LogP contribution is -2.19. The zero-order valence-electron chi connectivity index (χ0n) is 8.73. The number of halogens is 1. The van der Waals surface area contributed by atoms with E-state index in [0.717, 1.165) is 24.0 Å². The van der Waals surface area contributed by atoms with Crippen molar-refractivity contribution >= 4 is 19.4 Å². The molecule has 0 saturated heterocycles. The van der Waals surface area contributed by atoms with Gasteiger partial charge in [0, 0.05) is 0 Å². The first-order valence-corrected chi connectivity index (χ1v) is 4.75. The predicted molar refractivity (Wildman–Crippen MR) is 62.3 cm³/mol. The molecule has 1 rings (SSSR count). The first kappa shape index (κ1) is 11.0. The van der Waals surface area contributed by atoms with Crippen molar-refractivity contribution < 1.29 is 4.39 Å². The van der Waals surface area contributed by atoms with E-state index in [1.54, 1.807) is 12.1 Å². The van der Waals surface area contributed by atoms with E-state index in [0.29, 0.717) is 0 Å². The monoisotopic (exact) mass is 191 g/mol. The number of hydrogen-bond donors (Lipinski definition) is 1. The fourth-order valence-corrected chi connectivity index (χ4v) is 1.57. The summed E-state index contributed by atoms with van der Waals surface area (Å²) in [5.74, 6) is -0.189. The van der Waals surface area contributed by atoms with Gasteiger partial charge in [-0.1, -0.05) is 18.1 Å². The van der Waals surface area contributed by atoms with Crippen molar-refractivity contribution in [3.8, 4) is 0 Å². The zero-order valence-corrected chi connectivity index (χ0v) is 8.73. The van der Waals surface area contributed by atoms with E-state index in [1.165, 1.54) is 11.6 Å². The summed E-state index contributed by atoms with van der Waals surface area (Å²) in [6.45, 7) is 4.59. The first-order chi connectivity index (χ1) is 6.69. The standard InChI is InChI=1S/C11H15BFN/c1-3-8-6-9(13)7-11(12)10(8)4-5-14-2/h3,6-7,14H,1,4-5,12H2,2H3. The largest absolute Gasteiger partial charge is 0.319 e. The average molecular weight is 191 g/mol. The van der Waals surface area contributed by atoms with Crippen molar-refractivity contribution in [3.05, 3.63) is 35.7 Å². The zero-order chi connectivity index (χ0) is 10.6. The van der Waals surface area contributed by atoms with Gasteiger partial charge in [-0.25, -0.2) is 4.39 Å². The molecule has 1 aromatic rings. The van der Waals surface area contributed by atoms with Crippen LogP contribution in [0.25, 0.3) is 6.08 Å². The lowest BCUT2D eigenvalue weighted by molar-refractivity contribution is 0.627. The molecule has 1 nitrogen and oxygen atoms in total. The normalized spacial score (nSPS) is 10.1. The molecule has 0 bridgehead atoms. The molecule has 0 aliphatic heterocycles. The maximum absolute atomic E-state index is 13.1. The lowest BCUT2D eigenvalue weighted by Gasteiger charge is -2.10. The SMILES string of the molecule is Bc1cc(F)cc(C=C)c1CCNC. The Bertz CT molecular complexity index is 336. The lowest BCUT2D eigenvalue weighted by atomic mass is 9.86. The average Bonchev–Trinajstić information content (AvgIpc) is 2.15. The molecule has 74 valence electrons. The van der Waals surface area contributed by atoms with Crippen LogP contribution in [0.3, 0.4) is 0 Å². The van der Waals surface area contributed by atoms with Crippen LogP contribution in [0.15, 0.2) is 18.7 Å². The molecule has 0 radical (unpaired) electrons. The highest BCUT2D eigenvalue weighted by Crippen LogP contribution is 2.10. The number of nitrogens with one attached hydrogen (secondary N) is 1. The number of rotatable bonds is 4. The van der Waals surface area contributed by atoms with Gasteiger partial charge >= 0.3 is 0 Å². The van der Waals surface area contributed by atoms with Gasteiger partial charge in [0.1, 0.15) is 13.7 Å². The summed E-state index contributed by atoms with van der Waals surface area (Å²) in [6, 6.07) is 3.10. The van der Waals surface area contributed by atoms with Crippen LogP contribution >= 0.6 is 0 Å². The highest BCUT2D eigenvalue weighted by Gasteiger charge is 2.05. The van der Waals surface area contributed by atoms with Crippen molar-refractivity contribution in [2.75, 3.05) is 13.6 Å². The van der Waals surface area contributed by atoms with Gasteiger partial charge in [0.2, 0.25) is 0 Å². The fraction of sp³-hybridized carbons (Fsp3) is 0.273. The van der Waals surface area contributed by atoms with Gasteiger partial charge < -0.3 is 5.32 Å². The van der Waals surface area contributed by atoms with Gasteiger partial charge in [-0.15, -0.1) is 0 Å². The molecule has 0 amide bonds.